The van der Waals surface area contributed by atoms with Crippen LogP contribution in [0.4, 0.5) is 5.69 Å². The van der Waals surface area contributed by atoms with Gasteiger partial charge in [0.15, 0.2) is 0 Å². The first-order valence-electron chi connectivity index (χ1n) is 7.64. The van der Waals surface area contributed by atoms with E-state index in [0.717, 1.165) is 24.3 Å². The minimum atomic E-state index is -0.0250. The fourth-order valence-electron chi connectivity index (χ4n) is 2.30. The van der Waals surface area contributed by atoms with Gasteiger partial charge in [0, 0.05) is 19.7 Å². The maximum Gasteiger partial charge on any atom is 0.253 e. The van der Waals surface area contributed by atoms with E-state index in [4.69, 9.17) is 9.47 Å². The van der Waals surface area contributed by atoms with Gasteiger partial charge in [-0.25, -0.2) is 0 Å². The number of ether oxygens (including phenoxy) is 2. The molecule has 2 rings (SSSR count). The van der Waals surface area contributed by atoms with Crippen molar-refractivity contribution in [3.8, 4) is 5.75 Å². The molecule has 0 spiro atoms. The Morgan fingerprint density at radius 1 is 1.45 bits per heavy atom. The molecule has 1 heterocycles. The molecule has 1 aliphatic rings. The summed E-state index contributed by atoms with van der Waals surface area (Å²) in [5, 5.41) is 3.35. The molecule has 5 nitrogen and oxygen atoms in total. The third-order valence-corrected chi connectivity index (χ3v) is 3.48. The number of hydrogen-bond donors (Lipinski definition) is 1. The second-order valence-electron chi connectivity index (χ2n) is 5.43. The lowest BCUT2D eigenvalue weighted by Crippen LogP contribution is -2.24. The van der Waals surface area contributed by atoms with Crippen LogP contribution in [0.3, 0.4) is 0 Å². The number of allylic oxidation sites excluding steroid dienone is 1. The lowest BCUT2D eigenvalue weighted by molar-refractivity contribution is 0.0827. The molecule has 1 N–H and O–H groups in total. The van der Waals surface area contributed by atoms with Gasteiger partial charge < -0.3 is 19.7 Å². The molecule has 1 aromatic carbocycles. The molecule has 0 bridgehead atoms. The van der Waals surface area contributed by atoms with Crippen molar-refractivity contribution < 1.29 is 14.3 Å². The minimum absolute atomic E-state index is 0.0250. The van der Waals surface area contributed by atoms with E-state index in [1.807, 2.05) is 25.1 Å². The van der Waals surface area contributed by atoms with Crippen molar-refractivity contribution in [2.75, 3.05) is 32.6 Å². The van der Waals surface area contributed by atoms with Crippen LogP contribution in [0.1, 0.15) is 30.1 Å². The van der Waals surface area contributed by atoms with Crippen LogP contribution in [0.5, 0.6) is 5.75 Å². The normalized spacial score (nSPS) is 16.8. The summed E-state index contributed by atoms with van der Waals surface area (Å²) in [4.78, 5) is 13.7. The summed E-state index contributed by atoms with van der Waals surface area (Å²) in [5.74, 6) is 0.729. The quantitative estimate of drug-likeness (QED) is 0.878. The molecular formula is C17H24N2O3. The Morgan fingerprint density at radius 3 is 2.91 bits per heavy atom. The van der Waals surface area contributed by atoms with E-state index in [-0.39, 0.29) is 12.0 Å². The zero-order valence-corrected chi connectivity index (χ0v) is 13.5. The molecule has 0 radical (unpaired) electrons. The summed E-state index contributed by atoms with van der Waals surface area (Å²) in [7, 11) is 3.49. The van der Waals surface area contributed by atoms with Crippen molar-refractivity contribution in [3.63, 3.8) is 0 Å². The highest BCUT2D eigenvalue weighted by atomic mass is 16.5. The van der Waals surface area contributed by atoms with Crippen molar-refractivity contribution in [1.82, 2.24) is 4.90 Å². The van der Waals surface area contributed by atoms with E-state index >= 15 is 0 Å². The van der Waals surface area contributed by atoms with E-state index in [0.29, 0.717) is 18.7 Å². The highest BCUT2D eigenvalue weighted by molar-refractivity contribution is 5.95. The second-order valence-corrected chi connectivity index (χ2v) is 5.43. The van der Waals surface area contributed by atoms with Gasteiger partial charge >= 0.3 is 0 Å². The van der Waals surface area contributed by atoms with Crippen LogP contribution in [0, 0.1) is 0 Å². The Morgan fingerprint density at radius 2 is 2.27 bits per heavy atom. The van der Waals surface area contributed by atoms with Crippen molar-refractivity contribution in [3.05, 3.63) is 36.1 Å². The predicted octanol–water partition coefficient (Wildman–Crippen LogP) is 2.89. The number of anilines is 1. The number of nitrogens with zero attached hydrogens (tertiary/aromatic N) is 1. The van der Waals surface area contributed by atoms with Gasteiger partial charge in [-0.2, -0.15) is 0 Å². The number of hydrogen-bond acceptors (Lipinski definition) is 4. The molecule has 120 valence electrons. The van der Waals surface area contributed by atoms with Gasteiger partial charge in [0.05, 0.1) is 25.1 Å². The maximum atomic E-state index is 12.1. The Kier molecular flexibility index (Phi) is 5.69. The van der Waals surface area contributed by atoms with Crippen LogP contribution in [0.15, 0.2) is 30.5 Å². The molecule has 0 unspecified atom stereocenters. The number of carbonyl (C=O) groups excluding carboxylic acids is 1. The highest BCUT2D eigenvalue weighted by Crippen LogP contribution is 2.27. The highest BCUT2D eigenvalue weighted by Gasteiger charge is 2.15. The molecule has 0 fully saturated rings. The fraction of sp³-hybridized carbons (Fsp3) is 0.471. The summed E-state index contributed by atoms with van der Waals surface area (Å²) >= 11 is 0. The first-order chi connectivity index (χ1) is 10.6. The van der Waals surface area contributed by atoms with Gasteiger partial charge in [-0.1, -0.05) is 0 Å². The standard InChI is InChI=1S/C17H24N2O3/c1-4-21-16-9-8-13(17(20)19(2)3)11-15(16)18-12-14-7-5-6-10-22-14/h6,8-11,14,18H,4-5,7,12H2,1-3H3/t14-/m0/s1. The molecule has 22 heavy (non-hydrogen) atoms. The summed E-state index contributed by atoms with van der Waals surface area (Å²) < 4.78 is 11.2. The fourth-order valence-corrected chi connectivity index (χ4v) is 2.30. The zero-order valence-electron chi connectivity index (χ0n) is 13.5. The Labute approximate surface area is 131 Å². The van der Waals surface area contributed by atoms with Crippen molar-refractivity contribution in [2.45, 2.75) is 25.9 Å². The van der Waals surface area contributed by atoms with E-state index in [1.165, 1.54) is 0 Å². The predicted molar refractivity (Wildman–Crippen MR) is 87.4 cm³/mol. The summed E-state index contributed by atoms with van der Waals surface area (Å²) in [6.07, 6.45) is 5.95. The van der Waals surface area contributed by atoms with Gasteiger partial charge in [0.1, 0.15) is 11.9 Å². The third kappa shape index (κ3) is 4.16. The Balaban J connectivity index is 2.12. The smallest absolute Gasteiger partial charge is 0.253 e. The van der Waals surface area contributed by atoms with Crippen LogP contribution in [-0.4, -0.2) is 44.2 Å². The molecule has 0 aromatic heterocycles. The molecule has 0 saturated heterocycles. The van der Waals surface area contributed by atoms with Gasteiger partial charge in [-0.3, -0.25) is 4.79 Å². The van der Waals surface area contributed by atoms with Gasteiger partial charge in [-0.05, 0) is 44.0 Å². The van der Waals surface area contributed by atoms with Crippen molar-refractivity contribution in [2.24, 2.45) is 0 Å². The third-order valence-electron chi connectivity index (χ3n) is 3.48. The lowest BCUT2D eigenvalue weighted by Gasteiger charge is -2.21. The number of rotatable bonds is 6. The molecule has 1 aromatic rings. The van der Waals surface area contributed by atoms with Gasteiger partial charge in [-0.15, -0.1) is 0 Å². The summed E-state index contributed by atoms with van der Waals surface area (Å²) in [6, 6.07) is 5.47. The molecular weight excluding hydrogens is 280 g/mol. The van der Waals surface area contributed by atoms with Crippen LogP contribution in [0.2, 0.25) is 0 Å². The number of carbonyl (C=O) groups is 1. The van der Waals surface area contributed by atoms with Crippen LogP contribution < -0.4 is 10.1 Å². The lowest BCUT2D eigenvalue weighted by atomic mass is 10.1. The summed E-state index contributed by atoms with van der Waals surface area (Å²) in [5.41, 5.74) is 1.47. The SMILES string of the molecule is CCOc1ccc(C(=O)N(C)C)cc1NC[C@@H]1CCC=CO1. The van der Waals surface area contributed by atoms with Crippen LogP contribution in [-0.2, 0) is 4.74 Å². The summed E-state index contributed by atoms with van der Waals surface area (Å²) in [6.45, 7) is 3.21. The second kappa shape index (κ2) is 7.73. The maximum absolute atomic E-state index is 12.1. The number of amides is 1. The zero-order chi connectivity index (χ0) is 15.9. The molecule has 0 saturated carbocycles. The monoisotopic (exact) mass is 304 g/mol. The Hall–Kier alpha value is -2.17. The van der Waals surface area contributed by atoms with Crippen molar-refractivity contribution in [1.29, 1.82) is 0 Å². The molecule has 1 aliphatic heterocycles. The van der Waals surface area contributed by atoms with E-state index < -0.39 is 0 Å². The van der Waals surface area contributed by atoms with E-state index in [2.05, 4.69) is 5.32 Å². The number of nitrogens with one attached hydrogen (secondary N) is 1. The average Bonchev–Trinajstić information content (AvgIpc) is 2.54. The van der Waals surface area contributed by atoms with E-state index in [9.17, 15) is 4.79 Å². The average molecular weight is 304 g/mol. The molecule has 1 amide bonds. The molecule has 0 aliphatic carbocycles. The first-order valence-corrected chi connectivity index (χ1v) is 7.64. The van der Waals surface area contributed by atoms with Crippen LogP contribution in [0.25, 0.3) is 0 Å². The van der Waals surface area contributed by atoms with Gasteiger partial charge in [0.25, 0.3) is 5.91 Å². The minimum Gasteiger partial charge on any atom is -0.497 e. The molecule has 1 atom stereocenters. The van der Waals surface area contributed by atoms with E-state index in [1.54, 1.807) is 31.3 Å². The topological polar surface area (TPSA) is 50.8 Å². The largest absolute Gasteiger partial charge is 0.497 e. The first kappa shape index (κ1) is 16.2. The molecule has 5 heteroatoms. The van der Waals surface area contributed by atoms with Crippen molar-refractivity contribution >= 4 is 11.6 Å². The van der Waals surface area contributed by atoms with Crippen LogP contribution >= 0.6 is 0 Å². The Bertz CT molecular complexity index is 541. The number of benzene rings is 1. The van der Waals surface area contributed by atoms with Gasteiger partial charge in [0.2, 0.25) is 0 Å².